The molecule has 6 nitrogen and oxygen atoms in total. The van der Waals surface area contributed by atoms with Crippen molar-refractivity contribution in [2.24, 2.45) is 0 Å². The van der Waals surface area contributed by atoms with E-state index >= 15 is 0 Å². The summed E-state index contributed by atoms with van der Waals surface area (Å²) in [6.07, 6.45) is -0.964. The van der Waals surface area contributed by atoms with E-state index in [9.17, 15) is 13.2 Å². The summed E-state index contributed by atoms with van der Waals surface area (Å²) in [4.78, 5) is 13.1. The highest BCUT2D eigenvalue weighted by Crippen LogP contribution is 2.37. The van der Waals surface area contributed by atoms with Crippen molar-refractivity contribution in [3.8, 4) is 5.75 Å². The molecule has 0 radical (unpaired) electrons. The van der Waals surface area contributed by atoms with Crippen molar-refractivity contribution in [1.82, 2.24) is 5.32 Å². The third-order valence-corrected chi connectivity index (χ3v) is 7.39. The van der Waals surface area contributed by atoms with E-state index in [1.54, 1.807) is 36.4 Å². The lowest BCUT2D eigenvalue weighted by Gasteiger charge is -2.35. The molecule has 1 unspecified atom stereocenters. The van der Waals surface area contributed by atoms with Gasteiger partial charge in [-0.25, -0.2) is 8.42 Å². The SMILES string of the molecule is Cc1ccc(S(=O)(=O)N2CC(C(=O)NCc3ccccc3C)Oc3cc(C)ccc32)cc1. The molecule has 1 N–H and O–H groups in total. The van der Waals surface area contributed by atoms with Gasteiger partial charge in [0.1, 0.15) is 5.75 Å². The molecule has 0 bridgehead atoms. The fraction of sp³-hybridized carbons (Fsp3) is 0.240. The number of carbonyl (C=O) groups excluding carboxylic acids is 1. The van der Waals surface area contributed by atoms with Crippen LogP contribution in [-0.2, 0) is 21.4 Å². The van der Waals surface area contributed by atoms with Gasteiger partial charge in [-0.1, -0.05) is 48.0 Å². The lowest BCUT2D eigenvalue weighted by atomic mass is 10.1. The summed E-state index contributed by atoms with van der Waals surface area (Å²) >= 11 is 0. The summed E-state index contributed by atoms with van der Waals surface area (Å²) in [6.45, 7) is 6.01. The van der Waals surface area contributed by atoms with Gasteiger partial charge in [0.15, 0.2) is 6.10 Å². The maximum atomic E-state index is 13.5. The van der Waals surface area contributed by atoms with E-state index in [2.05, 4.69) is 5.32 Å². The van der Waals surface area contributed by atoms with Crippen molar-refractivity contribution in [2.45, 2.75) is 38.3 Å². The van der Waals surface area contributed by atoms with Crippen LogP contribution in [0.1, 0.15) is 22.3 Å². The van der Waals surface area contributed by atoms with Crippen LogP contribution in [0.5, 0.6) is 5.75 Å². The second-order valence-corrected chi connectivity index (χ2v) is 9.93. The molecule has 0 aliphatic carbocycles. The van der Waals surface area contributed by atoms with Crippen molar-refractivity contribution in [3.63, 3.8) is 0 Å². The van der Waals surface area contributed by atoms with Gasteiger partial charge < -0.3 is 10.1 Å². The summed E-state index contributed by atoms with van der Waals surface area (Å²) in [5.74, 6) is 0.0208. The first kappa shape index (κ1) is 21.9. The Balaban J connectivity index is 1.63. The molecule has 4 rings (SSSR count). The molecule has 32 heavy (non-hydrogen) atoms. The zero-order chi connectivity index (χ0) is 22.9. The van der Waals surface area contributed by atoms with Crippen LogP contribution in [0.15, 0.2) is 71.6 Å². The Hall–Kier alpha value is -3.32. The largest absolute Gasteiger partial charge is 0.476 e. The van der Waals surface area contributed by atoms with Crippen LogP contribution < -0.4 is 14.4 Å². The van der Waals surface area contributed by atoms with Gasteiger partial charge in [0.05, 0.1) is 17.1 Å². The van der Waals surface area contributed by atoms with E-state index in [1.807, 2.05) is 51.1 Å². The number of carbonyl (C=O) groups is 1. The van der Waals surface area contributed by atoms with E-state index in [0.717, 1.165) is 22.3 Å². The standard InChI is InChI=1S/C25H26N2O4S/c1-17-8-11-21(12-9-17)32(29,30)27-16-24(31-23-14-18(2)10-13-22(23)27)25(28)26-15-20-7-5-4-6-19(20)3/h4-14,24H,15-16H2,1-3H3,(H,26,28). The minimum absolute atomic E-state index is 0.105. The Kier molecular flexibility index (Phi) is 5.93. The second-order valence-electron chi connectivity index (χ2n) is 8.07. The van der Waals surface area contributed by atoms with Crippen LogP contribution in [0.3, 0.4) is 0 Å². The molecule has 0 saturated heterocycles. The minimum atomic E-state index is -3.87. The summed E-state index contributed by atoms with van der Waals surface area (Å²) in [7, 11) is -3.87. The molecule has 1 aliphatic heterocycles. The molecule has 0 spiro atoms. The van der Waals surface area contributed by atoms with E-state index in [-0.39, 0.29) is 17.3 Å². The van der Waals surface area contributed by atoms with Crippen LogP contribution >= 0.6 is 0 Å². The fourth-order valence-corrected chi connectivity index (χ4v) is 5.14. The smallest absolute Gasteiger partial charge is 0.264 e. The number of nitrogens with zero attached hydrogens (tertiary/aromatic N) is 1. The van der Waals surface area contributed by atoms with E-state index in [4.69, 9.17) is 4.74 Å². The molecule has 0 aromatic heterocycles. The fourth-order valence-electron chi connectivity index (χ4n) is 3.67. The molecular formula is C25H26N2O4S. The topological polar surface area (TPSA) is 75.7 Å². The molecule has 1 amide bonds. The summed E-state index contributed by atoms with van der Waals surface area (Å²) in [5, 5.41) is 2.89. The molecule has 0 fully saturated rings. The Bertz CT molecular complexity index is 1250. The monoisotopic (exact) mass is 450 g/mol. The zero-order valence-corrected chi connectivity index (χ0v) is 19.1. The summed E-state index contributed by atoms with van der Waals surface area (Å²) < 4.78 is 34.2. The van der Waals surface area contributed by atoms with Crippen molar-refractivity contribution >= 4 is 21.6 Å². The number of amides is 1. The number of aryl methyl sites for hydroxylation is 3. The van der Waals surface area contributed by atoms with Crippen molar-refractivity contribution in [3.05, 3.63) is 89.0 Å². The molecule has 7 heteroatoms. The predicted molar refractivity (Wildman–Crippen MR) is 124 cm³/mol. The highest BCUT2D eigenvalue weighted by Gasteiger charge is 2.37. The minimum Gasteiger partial charge on any atom is -0.476 e. The number of ether oxygens (including phenoxy) is 1. The van der Waals surface area contributed by atoms with Gasteiger partial charge in [-0.15, -0.1) is 0 Å². The summed E-state index contributed by atoms with van der Waals surface area (Å²) in [6, 6.07) is 19.8. The predicted octanol–water partition coefficient (Wildman–Crippen LogP) is 3.88. The van der Waals surface area contributed by atoms with Gasteiger partial charge in [-0.2, -0.15) is 0 Å². The average molecular weight is 451 g/mol. The van der Waals surface area contributed by atoms with Gasteiger partial charge in [-0.05, 0) is 61.7 Å². The van der Waals surface area contributed by atoms with Crippen molar-refractivity contribution < 1.29 is 17.9 Å². The molecule has 3 aromatic rings. The van der Waals surface area contributed by atoms with Crippen molar-refractivity contribution in [1.29, 1.82) is 0 Å². The average Bonchev–Trinajstić information content (AvgIpc) is 2.77. The van der Waals surface area contributed by atoms with Gasteiger partial charge in [0.25, 0.3) is 15.9 Å². The molecule has 1 heterocycles. The van der Waals surface area contributed by atoms with Crippen LogP contribution in [-0.4, -0.2) is 27.0 Å². The number of benzene rings is 3. The molecule has 1 atom stereocenters. The number of fused-ring (bicyclic) bond motifs is 1. The van der Waals surface area contributed by atoms with Gasteiger partial charge in [-0.3, -0.25) is 9.10 Å². The van der Waals surface area contributed by atoms with Crippen molar-refractivity contribution in [2.75, 3.05) is 10.8 Å². The number of sulfonamides is 1. The van der Waals surface area contributed by atoms with Gasteiger partial charge in [0.2, 0.25) is 0 Å². The maximum absolute atomic E-state index is 13.5. The Morgan fingerprint density at radius 1 is 1.00 bits per heavy atom. The molecule has 1 aliphatic rings. The first-order valence-electron chi connectivity index (χ1n) is 10.4. The number of hydrogen-bond acceptors (Lipinski definition) is 4. The molecule has 3 aromatic carbocycles. The zero-order valence-electron chi connectivity index (χ0n) is 18.3. The molecular weight excluding hydrogens is 424 g/mol. The third-order valence-electron chi connectivity index (χ3n) is 5.60. The number of rotatable bonds is 5. The first-order chi connectivity index (χ1) is 15.3. The quantitative estimate of drug-likeness (QED) is 0.640. The first-order valence-corrected chi connectivity index (χ1v) is 11.9. The molecule has 166 valence electrons. The van der Waals surface area contributed by atoms with Crippen LogP contribution in [0, 0.1) is 20.8 Å². The van der Waals surface area contributed by atoms with Gasteiger partial charge in [0, 0.05) is 6.54 Å². The molecule has 0 saturated carbocycles. The highest BCUT2D eigenvalue weighted by atomic mass is 32.2. The lowest BCUT2D eigenvalue weighted by Crippen LogP contribution is -2.50. The maximum Gasteiger partial charge on any atom is 0.264 e. The highest BCUT2D eigenvalue weighted by molar-refractivity contribution is 7.92. The van der Waals surface area contributed by atoms with Crippen LogP contribution in [0.25, 0.3) is 0 Å². The number of anilines is 1. The van der Waals surface area contributed by atoms with E-state index in [1.165, 1.54) is 4.31 Å². The Labute approximate surface area is 188 Å². The van der Waals surface area contributed by atoms with Crippen LogP contribution in [0.2, 0.25) is 0 Å². The summed E-state index contributed by atoms with van der Waals surface area (Å²) in [5.41, 5.74) is 4.38. The normalized spacial score (nSPS) is 15.6. The Morgan fingerprint density at radius 2 is 1.69 bits per heavy atom. The van der Waals surface area contributed by atoms with E-state index in [0.29, 0.717) is 18.0 Å². The third kappa shape index (κ3) is 4.34. The van der Waals surface area contributed by atoms with E-state index < -0.39 is 16.1 Å². The van der Waals surface area contributed by atoms with Gasteiger partial charge >= 0.3 is 0 Å². The van der Waals surface area contributed by atoms with Crippen LogP contribution in [0.4, 0.5) is 5.69 Å². The number of hydrogen-bond donors (Lipinski definition) is 1. The lowest BCUT2D eigenvalue weighted by molar-refractivity contribution is -0.127. The Morgan fingerprint density at radius 3 is 2.41 bits per heavy atom. The number of nitrogens with one attached hydrogen (secondary N) is 1. The second kappa shape index (κ2) is 8.67.